The smallest absolute Gasteiger partial charge is 0.0474 e. The topological polar surface area (TPSA) is 32.5 Å². The Balaban J connectivity index is 1.68. The van der Waals surface area contributed by atoms with Gasteiger partial charge < -0.3 is 5.73 Å². The minimum atomic E-state index is 0.204. The van der Waals surface area contributed by atoms with Gasteiger partial charge in [-0.05, 0) is 18.9 Å². The van der Waals surface area contributed by atoms with Crippen LogP contribution < -0.4 is 5.73 Å². The molecule has 2 atom stereocenters. The van der Waals surface area contributed by atoms with Crippen LogP contribution in [0.5, 0.6) is 0 Å². The first kappa shape index (κ1) is 15.3. The van der Waals surface area contributed by atoms with Gasteiger partial charge in [-0.3, -0.25) is 9.80 Å². The molecule has 2 saturated heterocycles. The van der Waals surface area contributed by atoms with Crippen LogP contribution in [0.25, 0.3) is 0 Å². The standard InChI is InChI=1S/C17H27N3S/c1-15-12-21-10-9-20(15)17(13-18)7-8-19(14-17)11-16-5-3-2-4-6-16/h2-6,15H,7-14,18H2,1H3. The molecule has 116 valence electrons. The Morgan fingerprint density at radius 1 is 1.29 bits per heavy atom. The van der Waals surface area contributed by atoms with Crippen molar-refractivity contribution in [2.24, 2.45) is 5.73 Å². The Bertz CT molecular complexity index is 453. The number of nitrogens with zero attached hydrogens (tertiary/aromatic N) is 2. The summed E-state index contributed by atoms with van der Waals surface area (Å²) < 4.78 is 0. The van der Waals surface area contributed by atoms with Crippen molar-refractivity contribution in [1.29, 1.82) is 0 Å². The van der Waals surface area contributed by atoms with E-state index >= 15 is 0 Å². The molecule has 2 N–H and O–H groups in total. The van der Waals surface area contributed by atoms with Crippen LogP contribution in [0.3, 0.4) is 0 Å². The normalized spacial score (nSPS) is 31.6. The summed E-state index contributed by atoms with van der Waals surface area (Å²) in [6, 6.07) is 11.5. The molecule has 0 bridgehead atoms. The quantitative estimate of drug-likeness (QED) is 0.922. The SMILES string of the molecule is CC1CSCCN1C1(CN)CCN(Cc2ccccc2)C1. The summed E-state index contributed by atoms with van der Waals surface area (Å²) in [6.45, 7) is 7.69. The maximum absolute atomic E-state index is 6.24. The largest absolute Gasteiger partial charge is 0.329 e. The summed E-state index contributed by atoms with van der Waals surface area (Å²) in [6.07, 6.45) is 1.21. The second-order valence-electron chi connectivity index (χ2n) is 6.49. The van der Waals surface area contributed by atoms with E-state index in [-0.39, 0.29) is 5.54 Å². The van der Waals surface area contributed by atoms with E-state index in [9.17, 15) is 0 Å². The van der Waals surface area contributed by atoms with Gasteiger partial charge in [0.15, 0.2) is 0 Å². The molecule has 21 heavy (non-hydrogen) atoms. The first-order valence-electron chi connectivity index (χ1n) is 8.04. The van der Waals surface area contributed by atoms with Crippen LogP contribution in [-0.2, 0) is 6.54 Å². The molecule has 3 nitrogen and oxygen atoms in total. The highest BCUT2D eigenvalue weighted by Gasteiger charge is 2.44. The zero-order valence-corrected chi connectivity index (χ0v) is 13.8. The van der Waals surface area contributed by atoms with Crippen molar-refractivity contribution in [3.05, 3.63) is 35.9 Å². The van der Waals surface area contributed by atoms with Gasteiger partial charge in [-0.2, -0.15) is 11.8 Å². The van der Waals surface area contributed by atoms with E-state index in [0.717, 1.165) is 19.6 Å². The van der Waals surface area contributed by atoms with Gasteiger partial charge in [-0.15, -0.1) is 0 Å². The fourth-order valence-electron chi connectivity index (χ4n) is 3.87. The van der Waals surface area contributed by atoms with E-state index in [1.165, 1.54) is 36.6 Å². The molecule has 0 amide bonds. The Labute approximate surface area is 132 Å². The molecule has 1 aromatic rings. The van der Waals surface area contributed by atoms with Crippen LogP contribution in [0.2, 0.25) is 0 Å². The van der Waals surface area contributed by atoms with Gasteiger partial charge in [-0.1, -0.05) is 30.3 Å². The van der Waals surface area contributed by atoms with Gasteiger partial charge in [0.2, 0.25) is 0 Å². The summed E-state index contributed by atoms with van der Waals surface area (Å²) in [7, 11) is 0. The van der Waals surface area contributed by atoms with Crippen molar-refractivity contribution < 1.29 is 0 Å². The molecule has 0 radical (unpaired) electrons. The summed E-state index contributed by atoms with van der Waals surface area (Å²) in [5.41, 5.74) is 7.86. The molecule has 2 fully saturated rings. The van der Waals surface area contributed by atoms with Crippen molar-refractivity contribution >= 4 is 11.8 Å². The van der Waals surface area contributed by atoms with Crippen molar-refractivity contribution in [2.75, 3.05) is 37.7 Å². The van der Waals surface area contributed by atoms with E-state index < -0.39 is 0 Å². The van der Waals surface area contributed by atoms with Gasteiger partial charge in [0, 0.05) is 55.8 Å². The molecule has 0 aromatic heterocycles. The molecule has 3 rings (SSSR count). The zero-order chi connectivity index (χ0) is 14.7. The third-order valence-electron chi connectivity index (χ3n) is 5.02. The Kier molecular flexibility index (Phi) is 4.89. The lowest BCUT2D eigenvalue weighted by Gasteiger charge is -2.46. The number of nitrogens with two attached hydrogens (primary N) is 1. The van der Waals surface area contributed by atoms with E-state index in [0.29, 0.717) is 6.04 Å². The molecule has 1 aromatic carbocycles. The minimum absolute atomic E-state index is 0.204. The fraction of sp³-hybridized carbons (Fsp3) is 0.647. The summed E-state index contributed by atoms with van der Waals surface area (Å²) in [4.78, 5) is 5.28. The van der Waals surface area contributed by atoms with Crippen molar-refractivity contribution in [1.82, 2.24) is 9.80 Å². The van der Waals surface area contributed by atoms with Gasteiger partial charge in [-0.25, -0.2) is 0 Å². The fourth-order valence-corrected chi connectivity index (χ4v) is 4.88. The average molecular weight is 305 g/mol. The van der Waals surface area contributed by atoms with E-state index in [1.54, 1.807) is 0 Å². The predicted octanol–water partition coefficient (Wildman–Crippen LogP) is 2.03. The third-order valence-corrected chi connectivity index (χ3v) is 6.21. The van der Waals surface area contributed by atoms with Crippen LogP contribution in [0.4, 0.5) is 0 Å². The van der Waals surface area contributed by atoms with Gasteiger partial charge in [0.25, 0.3) is 0 Å². The maximum atomic E-state index is 6.24. The number of rotatable bonds is 4. The highest BCUT2D eigenvalue weighted by Crippen LogP contribution is 2.33. The van der Waals surface area contributed by atoms with E-state index in [2.05, 4.69) is 58.8 Å². The number of thioether (sulfide) groups is 1. The zero-order valence-electron chi connectivity index (χ0n) is 13.0. The molecule has 0 spiro atoms. The van der Waals surface area contributed by atoms with Crippen molar-refractivity contribution in [3.63, 3.8) is 0 Å². The minimum Gasteiger partial charge on any atom is -0.329 e. The van der Waals surface area contributed by atoms with Gasteiger partial charge in [0.1, 0.15) is 0 Å². The predicted molar refractivity (Wildman–Crippen MR) is 91.6 cm³/mol. The summed E-state index contributed by atoms with van der Waals surface area (Å²) >= 11 is 2.08. The second-order valence-corrected chi connectivity index (χ2v) is 7.64. The van der Waals surface area contributed by atoms with Gasteiger partial charge >= 0.3 is 0 Å². The van der Waals surface area contributed by atoms with E-state index in [1.807, 2.05) is 0 Å². The van der Waals surface area contributed by atoms with Crippen LogP contribution in [0.1, 0.15) is 18.9 Å². The lowest BCUT2D eigenvalue weighted by Crippen LogP contribution is -2.61. The lowest BCUT2D eigenvalue weighted by molar-refractivity contribution is 0.0716. The monoisotopic (exact) mass is 305 g/mol. The number of benzene rings is 1. The first-order valence-corrected chi connectivity index (χ1v) is 9.20. The maximum Gasteiger partial charge on any atom is 0.0474 e. The average Bonchev–Trinajstić information content (AvgIpc) is 2.93. The van der Waals surface area contributed by atoms with Crippen molar-refractivity contribution in [3.8, 4) is 0 Å². The Hall–Kier alpha value is -0.550. The van der Waals surface area contributed by atoms with Gasteiger partial charge in [0.05, 0.1) is 0 Å². The number of hydrogen-bond acceptors (Lipinski definition) is 4. The highest BCUT2D eigenvalue weighted by molar-refractivity contribution is 7.99. The molecule has 2 unspecified atom stereocenters. The first-order chi connectivity index (χ1) is 10.2. The molecular weight excluding hydrogens is 278 g/mol. The molecule has 2 aliphatic rings. The van der Waals surface area contributed by atoms with Crippen molar-refractivity contribution in [2.45, 2.75) is 31.5 Å². The molecule has 2 heterocycles. The number of hydrogen-bond donors (Lipinski definition) is 1. The van der Waals surface area contributed by atoms with E-state index in [4.69, 9.17) is 5.73 Å². The summed E-state index contributed by atoms with van der Waals surface area (Å²) in [5.74, 6) is 2.51. The molecule has 2 aliphatic heterocycles. The number of likely N-dealkylation sites (tertiary alicyclic amines) is 1. The highest BCUT2D eigenvalue weighted by atomic mass is 32.2. The lowest BCUT2D eigenvalue weighted by atomic mass is 9.94. The Morgan fingerprint density at radius 2 is 2.10 bits per heavy atom. The molecular formula is C17H27N3S. The van der Waals surface area contributed by atoms with Crippen LogP contribution in [0, 0.1) is 0 Å². The third kappa shape index (κ3) is 3.29. The van der Waals surface area contributed by atoms with Crippen LogP contribution >= 0.6 is 11.8 Å². The summed E-state index contributed by atoms with van der Waals surface area (Å²) in [5, 5.41) is 0. The Morgan fingerprint density at radius 3 is 2.81 bits per heavy atom. The second kappa shape index (κ2) is 6.69. The van der Waals surface area contributed by atoms with Crippen LogP contribution in [-0.4, -0.2) is 59.1 Å². The molecule has 4 heteroatoms. The van der Waals surface area contributed by atoms with Crippen LogP contribution in [0.15, 0.2) is 30.3 Å². The molecule has 0 aliphatic carbocycles. The molecule has 0 saturated carbocycles.